The summed E-state index contributed by atoms with van der Waals surface area (Å²) in [7, 11) is 2.93. The first kappa shape index (κ1) is 23.3. The summed E-state index contributed by atoms with van der Waals surface area (Å²) >= 11 is 0. The molecule has 11 nitrogen and oxygen atoms in total. The van der Waals surface area contributed by atoms with E-state index in [1.807, 2.05) is 0 Å². The van der Waals surface area contributed by atoms with Gasteiger partial charge in [-0.2, -0.15) is 0 Å². The number of rotatable bonds is 6. The van der Waals surface area contributed by atoms with Crippen molar-refractivity contribution < 1.29 is 47.9 Å². The molecular weight excluding hydrogens is 486 g/mol. The molecule has 0 radical (unpaired) electrons. The summed E-state index contributed by atoms with van der Waals surface area (Å²) in [4.78, 5) is 28.3. The van der Waals surface area contributed by atoms with Gasteiger partial charge in [0, 0.05) is 24.3 Å². The third-order valence-corrected chi connectivity index (χ3v) is 6.92. The number of hydrogen-bond donors (Lipinski definition) is 1. The van der Waals surface area contributed by atoms with Crippen LogP contribution in [-0.2, 0) is 14.3 Å². The van der Waals surface area contributed by atoms with Crippen LogP contribution in [0.25, 0.3) is 5.76 Å². The second-order valence-corrected chi connectivity index (χ2v) is 8.92. The average molecular weight is 511 g/mol. The molecule has 0 aromatic heterocycles. The standard InChI is InChI=1S/C26H25NO10/c1-31-18-9-15(23(32-2)25-24(18)36-12-37-25)20-19(21(28)13-5-6-16-17(8-13)35-11-34-16)22(29)26(30)27(20)10-14-4-3-7-33-14/h5-6,8-9,14,20,28H,3-4,7,10-12H2,1-2H3/t14-,20+/m0/s1. The Morgan fingerprint density at radius 3 is 2.57 bits per heavy atom. The van der Waals surface area contributed by atoms with Crippen LogP contribution in [0.1, 0.15) is 30.0 Å². The normalized spacial score (nSPS) is 23.1. The molecular formula is C26H25NO10. The summed E-state index contributed by atoms with van der Waals surface area (Å²) < 4.78 is 39.0. The highest BCUT2D eigenvalue weighted by Crippen LogP contribution is 2.54. The zero-order valence-electron chi connectivity index (χ0n) is 20.3. The number of aliphatic hydroxyl groups excluding tert-OH is 1. The Labute approximate surface area is 212 Å². The monoisotopic (exact) mass is 511 g/mol. The molecule has 0 aliphatic carbocycles. The highest BCUT2D eigenvalue weighted by molar-refractivity contribution is 6.46. The third-order valence-electron chi connectivity index (χ3n) is 6.92. The van der Waals surface area contributed by atoms with E-state index in [1.54, 1.807) is 24.3 Å². The van der Waals surface area contributed by atoms with Gasteiger partial charge in [0.2, 0.25) is 25.1 Å². The fourth-order valence-electron chi connectivity index (χ4n) is 5.20. The number of amides is 1. The van der Waals surface area contributed by atoms with E-state index in [9.17, 15) is 14.7 Å². The Hall–Kier alpha value is -4.12. The number of carbonyl (C=O) groups excluding carboxylic acids is 2. The van der Waals surface area contributed by atoms with E-state index in [-0.39, 0.29) is 43.3 Å². The molecule has 0 unspecified atom stereocenters. The number of nitrogens with zero attached hydrogens (tertiary/aromatic N) is 1. The summed E-state index contributed by atoms with van der Waals surface area (Å²) in [5, 5.41) is 11.5. The molecule has 1 amide bonds. The SMILES string of the molecule is COc1cc([C@@H]2C(=C(O)c3ccc4c(c3)OCO4)C(=O)C(=O)N2C[C@@H]2CCCO2)c(OC)c2c1OCO2. The largest absolute Gasteiger partial charge is 0.507 e. The number of fused-ring (bicyclic) bond motifs is 2. The van der Waals surface area contributed by atoms with Gasteiger partial charge >= 0.3 is 0 Å². The van der Waals surface area contributed by atoms with Gasteiger partial charge in [0.05, 0.1) is 31.9 Å². The maximum Gasteiger partial charge on any atom is 0.295 e. The molecule has 2 atom stereocenters. The van der Waals surface area contributed by atoms with E-state index in [4.69, 9.17) is 33.2 Å². The number of ketones is 1. The van der Waals surface area contributed by atoms with Gasteiger partial charge in [-0.3, -0.25) is 9.59 Å². The molecule has 11 heteroatoms. The van der Waals surface area contributed by atoms with Crippen LogP contribution < -0.4 is 28.4 Å². The number of Topliss-reactive ketones (excluding diaryl/α,β-unsaturated/α-hetero) is 1. The van der Waals surface area contributed by atoms with E-state index >= 15 is 0 Å². The van der Waals surface area contributed by atoms with E-state index in [1.165, 1.54) is 19.1 Å². The summed E-state index contributed by atoms with van der Waals surface area (Å²) in [6.07, 6.45) is 1.37. The van der Waals surface area contributed by atoms with Crippen LogP contribution in [0.4, 0.5) is 0 Å². The number of likely N-dealkylation sites (tertiary alicyclic amines) is 1. The second-order valence-electron chi connectivity index (χ2n) is 8.92. The minimum Gasteiger partial charge on any atom is -0.507 e. The fraction of sp³-hybridized carbons (Fsp3) is 0.385. The number of carbonyl (C=O) groups is 2. The van der Waals surface area contributed by atoms with E-state index < -0.39 is 17.7 Å². The average Bonchev–Trinajstić information content (AvgIpc) is 3.72. The van der Waals surface area contributed by atoms with Gasteiger partial charge in [0.1, 0.15) is 5.76 Å². The van der Waals surface area contributed by atoms with Crippen molar-refractivity contribution in [2.24, 2.45) is 0 Å². The minimum absolute atomic E-state index is 0.0429. The Morgan fingerprint density at radius 2 is 1.81 bits per heavy atom. The van der Waals surface area contributed by atoms with Crippen molar-refractivity contribution in [3.8, 4) is 34.5 Å². The van der Waals surface area contributed by atoms with Crippen molar-refractivity contribution in [2.75, 3.05) is 41.0 Å². The van der Waals surface area contributed by atoms with Gasteiger partial charge in [-0.15, -0.1) is 0 Å². The van der Waals surface area contributed by atoms with Gasteiger partial charge in [0.25, 0.3) is 11.7 Å². The number of ether oxygens (including phenoxy) is 7. The quantitative estimate of drug-likeness (QED) is 0.352. The van der Waals surface area contributed by atoms with E-state index in [2.05, 4.69) is 0 Å². The van der Waals surface area contributed by atoms with Crippen LogP contribution in [0.2, 0.25) is 0 Å². The summed E-state index contributed by atoms with van der Waals surface area (Å²) in [5.41, 5.74) is 0.611. The van der Waals surface area contributed by atoms with Crippen LogP contribution in [0, 0.1) is 0 Å². The van der Waals surface area contributed by atoms with Gasteiger partial charge in [-0.1, -0.05) is 0 Å². The van der Waals surface area contributed by atoms with Crippen molar-refractivity contribution in [1.82, 2.24) is 4.90 Å². The molecule has 2 aromatic carbocycles. The molecule has 4 aliphatic heterocycles. The first-order chi connectivity index (χ1) is 18.0. The molecule has 2 saturated heterocycles. The highest BCUT2D eigenvalue weighted by Gasteiger charge is 2.49. The number of methoxy groups -OCH3 is 2. The summed E-state index contributed by atoms with van der Waals surface area (Å²) in [5.74, 6) is 0.292. The predicted molar refractivity (Wildman–Crippen MR) is 126 cm³/mol. The number of hydrogen-bond acceptors (Lipinski definition) is 10. The first-order valence-corrected chi connectivity index (χ1v) is 11.9. The molecule has 2 aromatic rings. The zero-order valence-corrected chi connectivity index (χ0v) is 20.3. The van der Waals surface area contributed by atoms with Gasteiger partial charge in [0.15, 0.2) is 23.0 Å². The molecule has 4 heterocycles. The molecule has 0 saturated carbocycles. The lowest BCUT2D eigenvalue weighted by Gasteiger charge is -2.29. The van der Waals surface area contributed by atoms with Gasteiger partial charge < -0.3 is 43.2 Å². The van der Waals surface area contributed by atoms with Crippen LogP contribution >= 0.6 is 0 Å². The third kappa shape index (κ3) is 3.69. The number of aliphatic hydroxyl groups is 1. The number of benzene rings is 2. The minimum atomic E-state index is -1.01. The van der Waals surface area contributed by atoms with Gasteiger partial charge in [-0.25, -0.2) is 0 Å². The molecule has 0 bridgehead atoms. The lowest BCUT2D eigenvalue weighted by molar-refractivity contribution is -0.140. The topological polar surface area (TPSA) is 122 Å². The van der Waals surface area contributed by atoms with Crippen LogP contribution in [-0.4, -0.2) is 68.8 Å². The van der Waals surface area contributed by atoms with E-state index in [0.29, 0.717) is 46.5 Å². The lowest BCUT2D eigenvalue weighted by Crippen LogP contribution is -2.36. The van der Waals surface area contributed by atoms with Crippen molar-refractivity contribution >= 4 is 17.4 Å². The fourth-order valence-corrected chi connectivity index (χ4v) is 5.20. The van der Waals surface area contributed by atoms with Crippen LogP contribution in [0.15, 0.2) is 29.8 Å². The molecule has 1 N–H and O–H groups in total. The predicted octanol–water partition coefficient (Wildman–Crippen LogP) is 2.76. The van der Waals surface area contributed by atoms with Crippen LogP contribution in [0.5, 0.6) is 34.5 Å². The zero-order chi connectivity index (χ0) is 25.7. The summed E-state index contributed by atoms with van der Waals surface area (Å²) in [6, 6.07) is 5.44. The van der Waals surface area contributed by atoms with Crippen molar-refractivity contribution in [3.63, 3.8) is 0 Å². The molecule has 6 rings (SSSR count). The molecule has 194 valence electrons. The lowest BCUT2D eigenvalue weighted by atomic mass is 9.93. The Morgan fingerprint density at radius 1 is 1.03 bits per heavy atom. The van der Waals surface area contributed by atoms with Crippen molar-refractivity contribution in [3.05, 3.63) is 41.0 Å². The van der Waals surface area contributed by atoms with E-state index in [0.717, 1.165) is 12.8 Å². The maximum atomic E-state index is 13.5. The van der Waals surface area contributed by atoms with Crippen LogP contribution in [0.3, 0.4) is 0 Å². The molecule has 2 fully saturated rings. The van der Waals surface area contributed by atoms with Crippen molar-refractivity contribution in [1.29, 1.82) is 0 Å². The molecule has 4 aliphatic rings. The van der Waals surface area contributed by atoms with Crippen molar-refractivity contribution in [2.45, 2.75) is 25.0 Å². The molecule has 0 spiro atoms. The Bertz CT molecular complexity index is 1310. The first-order valence-electron chi connectivity index (χ1n) is 11.9. The highest BCUT2D eigenvalue weighted by atomic mass is 16.7. The Balaban J connectivity index is 1.55. The summed E-state index contributed by atoms with van der Waals surface area (Å²) in [6.45, 7) is 0.753. The molecule has 37 heavy (non-hydrogen) atoms. The van der Waals surface area contributed by atoms with Gasteiger partial charge in [-0.05, 0) is 37.1 Å². The second kappa shape index (κ2) is 9.07. The maximum absolute atomic E-state index is 13.5. The Kier molecular flexibility index (Phi) is 5.71. The smallest absolute Gasteiger partial charge is 0.295 e.